The number of hydrogen-bond donors (Lipinski definition) is 1. The molecule has 1 saturated heterocycles. The molecule has 1 fully saturated rings. The average Bonchev–Trinajstić information content (AvgIpc) is 2.68. The zero-order chi connectivity index (χ0) is 10.9. The molecule has 2 rings (SSSR count). The van der Waals surface area contributed by atoms with Crippen LogP contribution in [0.15, 0.2) is 11.6 Å². The molecule has 0 spiro atoms. The minimum atomic E-state index is -0.145. The first-order chi connectivity index (χ1) is 7.11. The molecule has 0 aliphatic carbocycles. The maximum Gasteiger partial charge on any atom is 0.185 e. The van der Waals surface area contributed by atoms with Gasteiger partial charge in [-0.15, -0.1) is 11.3 Å². The predicted octanol–water partition coefficient (Wildman–Crippen LogP) is 1.09. The third-order valence-electron chi connectivity index (χ3n) is 2.43. The van der Waals surface area contributed by atoms with Crippen molar-refractivity contribution >= 4 is 16.5 Å². The van der Waals surface area contributed by atoms with Crippen LogP contribution in [0, 0.1) is 0 Å². The lowest BCUT2D eigenvalue weighted by Gasteiger charge is -2.42. The number of ether oxygens (including phenoxy) is 1. The van der Waals surface area contributed by atoms with Crippen LogP contribution in [0.2, 0.25) is 0 Å². The van der Waals surface area contributed by atoms with Gasteiger partial charge >= 0.3 is 0 Å². The predicted molar refractivity (Wildman–Crippen MR) is 62.3 cm³/mol. The fourth-order valence-electron chi connectivity index (χ4n) is 1.94. The van der Waals surface area contributed by atoms with E-state index < -0.39 is 0 Å². The Hall–Kier alpha value is -0.650. The molecule has 1 aromatic rings. The smallest absolute Gasteiger partial charge is 0.185 e. The molecule has 1 aliphatic heterocycles. The van der Waals surface area contributed by atoms with Gasteiger partial charge in [-0.1, -0.05) is 0 Å². The Morgan fingerprint density at radius 1 is 1.73 bits per heavy atom. The van der Waals surface area contributed by atoms with Crippen LogP contribution in [0.3, 0.4) is 0 Å². The number of nitrogens with two attached hydrogens (primary N) is 1. The van der Waals surface area contributed by atoms with E-state index in [0.717, 1.165) is 18.2 Å². The van der Waals surface area contributed by atoms with E-state index in [4.69, 9.17) is 10.5 Å². The summed E-state index contributed by atoms with van der Waals surface area (Å²) in [5, 5.41) is 3.06. The van der Waals surface area contributed by atoms with Crippen molar-refractivity contribution in [2.45, 2.75) is 25.6 Å². The summed E-state index contributed by atoms with van der Waals surface area (Å²) in [6, 6.07) is 0. The van der Waals surface area contributed by atoms with Gasteiger partial charge in [0.25, 0.3) is 0 Å². The molecule has 0 amide bonds. The molecule has 0 aromatic carbocycles. The van der Waals surface area contributed by atoms with E-state index in [2.05, 4.69) is 23.7 Å². The maximum absolute atomic E-state index is 5.86. The van der Waals surface area contributed by atoms with Gasteiger partial charge in [0.1, 0.15) is 0 Å². The largest absolute Gasteiger partial charge is 0.367 e. The highest BCUT2D eigenvalue weighted by Gasteiger charge is 2.33. The molecule has 15 heavy (non-hydrogen) atoms. The van der Waals surface area contributed by atoms with Crippen molar-refractivity contribution in [3.63, 3.8) is 0 Å². The standard InChI is InChI=1S/C10H17N3OS/c1-10(2)7-13(6-8(5-11)14-10)9-12-3-4-15-9/h3-4,8H,5-7,11H2,1-2H3. The Labute approximate surface area is 94.1 Å². The lowest BCUT2D eigenvalue weighted by atomic mass is 10.1. The summed E-state index contributed by atoms with van der Waals surface area (Å²) in [5.74, 6) is 0. The second-order valence-electron chi connectivity index (χ2n) is 4.43. The fraction of sp³-hybridized carbons (Fsp3) is 0.700. The van der Waals surface area contributed by atoms with Crippen LogP contribution in [-0.2, 0) is 4.74 Å². The molecule has 2 N–H and O–H groups in total. The lowest BCUT2D eigenvalue weighted by molar-refractivity contribution is -0.0788. The molecule has 4 nitrogen and oxygen atoms in total. The lowest BCUT2D eigenvalue weighted by Crippen LogP contribution is -2.54. The SMILES string of the molecule is CC1(C)CN(c2nccs2)CC(CN)O1. The topological polar surface area (TPSA) is 51.4 Å². The first-order valence-electron chi connectivity index (χ1n) is 5.13. The molecule has 0 saturated carbocycles. The van der Waals surface area contributed by atoms with Gasteiger partial charge in [0.15, 0.2) is 5.13 Å². The summed E-state index contributed by atoms with van der Waals surface area (Å²) in [5.41, 5.74) is 5.53. The monoisotopic (exact) mass is 227 g/mol. The number of nitrogens with zero attached hydrogens (tertiary/aromatic N) is 2. The van der Waals surface area contributed by atoms with Crippen molar-refractivity contribution in [1.29, 1.82) is 0 Å². The summed E-state index contributed by atoms with van der Waals surface area (Å²) in [7, 11) is 0. The second-order valence-corrected chi connectivity index (χ2v) is 5.30. The molecule has 2 heterocycles. The van der Waals surface area contributed by atoms with Crippen molar-refractivity contribution in [3.8, 4) is 0 Å². The van der Waals surface area contributed by atoms with Crippen LogP contribution in [0.5, 0.6) is 0 Å². The van der Waals surface area contributed by atoms with Crippen molar-refractivity contribution in [1.82, 2.24) is 4.98 Å². The van der Waals surface area contributed by atoms with E-state index in [1.165, 1.54) is 0 Å². The molecule has 1 atom stereocenters. The summed E-state index contributed by atoms with van der Waals surface area (Å²) in [6.07, 6.45) is 1.94. The Balaban J connectivity index is 2.13. The summed E-state index contributed by atoms with van der Waals surface area (Å²) >= 11 is 1.66. The van der Waals surface area contributed by atoms with E-state index in [1.54, 1.807) is 11.3 Å². The van der Waals surface area contributed by atoms with E-state index in [1.807, 2.05) is 11.6 Å². The molecular weight excluding hydrogens is 210 g/mol. The highest BCUT2D eigenvalue weighted by Crippen LogP contribution is 2.26. The van der Waals surface area contributed by atoms with Gasteiger partial charge in [-0.2, -0.15) is 0 Å². The van der Waals surface area contributed by atoms with Crippen LogP contribution in [0.25, 0.3) is 0 Å². The molecule has 84 valence electrons. The van der Waals surface area contributed by atoms with E-state index >= 15 is 0 Å². The van der Waals surface area contributed by atoms with Gasteiger partial charge in [-0.3, -0.25) is 0 Å². The van der Waals surface area contributed by atoms with Crippen LogP contribution < -0.4 is 10.6 Å². The van der Waals surface area contributed by atoms with Crippen LogP contribution in [0.4, 0.5) is 5.13 Å². The van der Waals surface area contributed by atoms with Crippen LogP contribution >= 0.6 is 11.3 Å². The number of morpholine rings is 1. The number of hydrogen-bond acceptors (Lipinski definition) is 5. The second kappa shape index (κ2) is 4.08. The van der Waals surface area contributed by atoms with E-state index in [0.29, 0.717) is 6.54 Å². The van der Waals surface area contributed by atoms with Crippen molar-refractivity contribution < 1.29 is 4.74 Å². The van der Waals surface area contributed by atoms with Gasteiger partial charge in [-0.05, 0) is 13.8 Å². The normalized spacial score (nSPS) is 25.5. The number of thiazole rings is 1. The Kier molecular flexibility index (Phi) is 2.95. The Bertz CT molecular complexity index is 312. The van der Waals surface area contributed by atoms with Crippen LogP contribution in [0.1, 0.15) is 13.8 Å². The summed E-state index contributed by atoms with van der Waals surface area (Å²) < 4.78 is 5.86. The molecule has 0 radical (unpaired) electrons. The first kappa shape index (κ1) is 10.9. The third kappa shape index (κ3) is 2.48. The first-order valence-corrected chi connectivity index (χ1v) is 6.01. The van der Waals surface area contributed by atoms with Crippen molar-refractivity contribution in [3.05, 3.63) is 11.6 Å². The molecule has 1 unspecified atom stereocenters. The Morgan fingerprint density at radius 3 is 3.13 bits per heavy atom. The van der Waals surface area contributed by atoms with Gasteiger partial charge in [0, 0.05) is 31.2 Å². The van der Waals surface area contributed by atoms with Gasteiger partial charge in [0.2, 0.25) is 0 Å². The highest BCUT2D eigenvalue weighted by molar-refractivity contribution is 7.13. The highest BCUT2D eigenvalue weighted by atomic mass is 32.1. The third-order valence-corrected chi connectivity index (χ3v) is 3.27. The van der Waals surface area contributed by atoms with E-state index in [9.17, 15) is 0 Å². The maximum atomic E-state index is 5.86. The summed E-state index contributed by atoms with van der Waals surface area (Å²) in [6.45, 7) is 6.46. The average molecular weight is 227 g/mol. The molecule has 1 aromatic heterocycles. The molecular formula is C10H17N3OS. The molecule has 5 heteroatoms. The van der Waals surface area contributed by atoms with Gasteiger partial charge < -0.3 is 15.4 Å². The van der Waals surface area contributed by atoms with Gasteiger partial charge in [-0.25, -0.2) is 4.98 Å². The van der Waals surface area contributed by atoms with Crippen LogP contribution in [-0.4, -0.2) is 36.3 Å². The fourth-order valence-corrected chi connectivity index (χ4v) is 2.59. The number of rotatable bonds is 2. The zero-order valence-electron chi connectivity index (χ0n) is 9.14. The molecule has 1 aliphatic rings. The van der Waals surface area contributed by atoms with Crippen molar-refractivity contribution in [2.75, 3.05) is 24.5 Å². The minimum Gasteiger partial charge on any atom is -0.367 e. The van der Waals surface area contributed by atoms with Crippen molar-refractivity contribution in [2.24, 2.45) is 5.73 Å². The Morgan fingerprint density at radius 2 is 2.53 bits per heavy atom. The van der Waals surface area contributed by atoms with Gasteiger partial charge in [0.05, 0.1) is 11.7 Å². The summed E-state index contributed by atoms with van der Waals surface area (Å²) in [4.78, 5) is 6.58. The number of aromatic nitrogens is 1. The number of anilines is 1. The zero-order valence-corrected chi connectivity index (χ0v) is 9.96. The van der Waals surface area contributed by atoms with E-state index in [-0.39, 0.29) is 11.7 Å². The minimum absolute atomic E-state index is 0.109. The quantitative estimate of drug-likeness (QED) is 0.821. The molecule has 0 bridgehead atoms.